The first-order valence-electron chi connectivity index (χ1n) is 8.27. The van der Waals surface area contributed by atoms with Gasteiger partial charge in [0.1, 0.15) is 5.75 Å². The Morgan fingerprint density at radius 1 is 1.30 bits per heavy atom. The van der Waals surface area contributed by atoms with Crippen LogP contribution < -0.4 is 10.1 Å². The predicted octanol–water partition coefficient (Wildman–Crippen LogP) is 3.71. The molecule has 0 amide bonds. The van der Waals surface area contributed by atoms with E-state index in [1.54, 1.807) is 0 Å². The summed E-state index contributed by atoms with van der Waals surface area (Å²) in [4.78, 5) is 0. The van der Waals surface area contributed by atoms with Gasteiger partial charge in [0.15, 0.2) is 0 Å². The van der Waals surface area contributed by atoms with Gasteiger partial charge in [0.25, 0.3) is 0 Å². The Morgan fingerprint density at radius 2 is 2.25 bits per heavy atom. The van der Waals surface area contributed by atoms with E-state index in [4.69, 9.17) is 4.74 Å². The zero-order valence-corrected chi connectivity index (χ0v) is 12.4. The predicted molar refractivity (Wildman–Crippen MR) is 81.0 cm³/mol. The van der Waals surface area contributed by atoms with E-state index in [-0.39, 0.29) is 0 Å². The van der Waals surface area contributed by atoms with Crippen LogP contribution in [0.1, 0.15) is 49.3 Å². The van der Waals surface area contributed by atoms with Crippen molar-refractivity contribution in [2.45, 2.75) is 44.6 Å². The second-order valence-electron chi connectivity index (χ2n) is 6.95. The van der Waals surface area contributed by atoms with Crippen molar-refractivity contribution in [2.75, 3.05) is 13.7 Å². The number of fused-ring (bicyclic) bond motifs is 3. The zero-order chi connectivity index (χ0) is 13.5. The lowest BCUT2D eigenvalue weighted by atomic mass is 9.82. The Kier molecular flexibility index (Phi) is 3.22. The van der Waals surface area contributed by atoms with Gasteiger partial charge in [0, 0.05) is 18.0 Å². The molecule has 0 radical (unpaired) electrons. The van der Waals surface area contributed by atoms with Crippen LogP contribution in [0, 0.1) is 17.8 Å². The maximum absolute atomic E-state index is 5.90. The quantitative estimate of drug-likeness (QED) is 0.901. The van der Waals surface area contributed by atoms with Crippen molar-refractivity contribution < 1.29 is 4.74 Å². The average Bonchev–Trinajstić information content (AvgIpc) is 3.19. The molecule has 4 rings (SSSR count). The summed E-state index contributed by atoms with van der Waals surface area (Å²) in [7, 11) is 2.10. The maximum atomic E-state index is 5.90. The summed E-state index contributed by atoms with van der Waals surface area (Å²) in [6.45, 7) is 0.858. The number of rotatable bonds is 4. The first-order valence-corrected chi connectivity index (χ1v) is 8.27. The van der Waals surface area contributed by atoms with Crippen molar-refractivity contribution in [2.24, 2.45) is 17.8 Å². The normalized spacial score (nSPS) is 32.1. The highest BCUT2D eigenvalue weighted by atomic mass is 16.5. The third-order valence-electron chi connectivity index (χ3n) is 5.89. The molecule has 2 heteroatoms. The molecule has 2 nitrogen and oxygen atoms in total. The highest BCUT2D eigenvalue weighted by Gasteiger charge is 2.40. The average molecular weight is 271 g/mol. The summed E-state index contributed by atoms with van der Waals surface area (Å²) in [5, 5.41) is 3.55. The molecule has 1 heterocycles. The molecule has 0 aromatic heterocycles. The summed E-state index contributed by atoms with van der Waals surface area (Å²) in [6, 6.07) is 7.15. The third-order valence-corrected chi connectivity index (χ3v) is 5.89. The molecule has 2 saturated carbocycles. The van der Waals surface area contributed by atoms with E-state index in [1.165, 1.54) is 49.0 Å². The number of hydrogen-bond acceptors (Lipinski definition) is 2. The number of benzene rings is 1. The first-order chi connectivity index (χ1) is 9.85. The van der Waals surface area contributed by atoms with Gasteiger partial charge in [-0.1, -0.05) is 24.6 Å². The lowest BCUT2D eigenvalue weighted by molar-refractivity contribution is 0.279. The van der Waals surface area contributed by atoms with Crippen molar-refractivity contribution in [1.82, 2.24) is 5.32 Å². The lowest BCUT2D eigenvalue weighted by Crippen LogP contribution is -2.23. The van der Waals surface area contributed by atoms with Crippen molar-refractivity contribution in [3.05, 3.63) is 29.3 Å². The summed E-state index contributed by atoms with van der Waals surface area (Å²) < 4.78 is 5.90. The van der Waals surface area contributed by atoms with Gasteiger partial charge in [-0.3, -0.25) is 0 Å². The second-order valence-corrected chi connectivity index (χ2v) is 6.95. The third kappa shape index (κ3) is 2.05. The van der Waals surface area contributed by atoms with Crippen molar-refractivity contribution in [1.29, 1.82) is 0 Å². The Morgan fingerprint density at radius 3 is 3.00 bits per heavy atom. The molecule has 4 atom stereocenters. The Bertz CT molecular complexity index is 498. The fourth-order valence-electron chi connectivity index (χ4n) is 4.88. The van der Waals surface area contributed by atoms with E-state index in [2.05, 4.69) is 30.6 Å². The molecule has 108 valence electrons. The molecule has 2 fully saturated rings. The molecule has 3 aliphatic rings. The molecule has 2 bridgehead atoms. The van der Waals surface area contributed by atoms with Gasteiger partial charge in [0.2, 0.25) is 0 Å². The van der Waals surface area contributed by atoms with Crippen LogP contribution in [0.5, 0.6) is 5.75 Å². The highest BCUT2D eigenvalue weighted by molar-refractivity contribution is 5.45. The lowest BCUT2D eigenvalue weighted by Gasteiger charge is -2.27. The van der Waals surface area contributed by atoms with Crippen molar-refractivity contribution >= 4 is 0 Å². The monoisotopic (exact) mass is 271 g/mol. The summed E-state index contributed by atoms with van der Waals surface area (Å²) in [6.07, 6.45) is 8.32. The van der Waals surface area contributed by atoms with Crippen LogP contribution in [0.2, 0.25) is 0 Å². The van der Waals surface area contributed by atoms with Gasteiger partial charge in [0.05, 0.1) is 6.61 Å². The van der Waals surface area contributed by atoms with E-state index in [0.29, 0.717) is 6.04 Å². The van der Waals surface area contributed by atoms with Gasteiger partial charge in [-0.15, -0.1) is 0 Å². The number of para-hydroxylation sites is 1. The van der Waals surface area contributed by atoms with Gasteiger partial charge >= 0.3 is 0 Å². The van der Waals surface area contributed by atoms with Crippen LogP contribution >= 0.6 is 0 Å². The van der Waals surface area contributed by atoms with Gasteiger partial charge in [-0.2, -0.15) is 0 Å². The molecule has 2 aliphatic carbocycles. The zero-order valence-electron chi connectivity index (χ0n) is 12.4. The Balaban J connectivity index is 1.55. The number of nitrogens with one attached hydrogen (secondary N) is 1. The second kappa shape index (κ2) is 5.07. The smallest absolute Gasteiger partial charge is 0.127 e. The minimum absolute atomic E-state index is 0.465. The molecular formula is C18H25NO. The van der Waals surface area contributed by atoms with E-state index >= 15 is 0 Å². The fraction of sp³-hybridized carbons (Fsp3) is 0.667. The van der Waals surface area contributed by atoms with E-state index in [1.807, 2.05) is 0 Å². The van der Waals surface area contributed by atoms with Crippen molar-refractivity contribution in [3.8, 4) is 5.75 Å². The summed E-state index contributed by atoms with van der Waals surface area (Å²) >= 11 is 0. The largest absolute Gasteiger partial charge is 0.493 e. The minimum Gasteiger partial charge on any atom is -0.493 e. The first kappa shape index (κ1) is 12.7. The Labute approximate surface area is 121 Å². The van der Waals surface area contributed by atoms with Gasteiger partial charge in [-0.25, -0.2) is 0 Å². The maximum Gasteiger partial charge on any atom is 0.127 e. The molecule has 1 aromatic carbocycles. The summed E-state index contributed by atoms with van der Waals surface area (Å²) in [5.41, 5.74) is 2.79. The van der Waals surface area contributed by atoms with Crippen LogP contribution in [0.25, 0.3) is 0 Å². The molecule has 0 spiro atoms. The highest BCUT2D eigenvalue weighted by Crippen LogP contribution is 2.51. The minimum atomic E-state index is 0.465. The van der Waals surface area contributed by atoms with Crippen LogP contribution in [0.3, 0.4) is 0 Å². The Hall–Kier alpha value is -1.02. The molecule has 1 aliphatic heterocycles. The number of ether oxygens (including phenoxy) is 1. The number of hydrogen-bond donors (Lipinski definition) is 1. The molecule has 1 N–H and O–H groups in total. The topological polar surface area (TPSA) is 21.3 Å². The van der Waals surface area contributed by atoms with Crippen molar-refractivity contribution in [3.63, 3.8) is 0 Å². The van der Waals surface area contributed by atoms with Crippen LogP contribution in [0.15, 0.2) is 18.2 Å². The van der Waals surface area contributed by atoms with E-state index < -0.39 is 0 Å². The SMILES string of the molecule is CNC(CC1CC2CCC1C2)c1cccc2c1OCC2. The molecule has 20 heavy (non-hydrogen) atoms. The molecule has 0 saturated heterocycles. The van der Waals surface area contributed by atoms with Crippen LogP contribution in [0.4, 0.5) is 0 Å². The molecule has 1 aromatic rings. The molecular weight excluding hydrogens is 246 g/mol. The van der Waals surface area contributed by atoms with Gasteiger partial charge in [-0.05, 0) is 56.0 Å². The van der Waals surface area contributed by atoms with E-state index in [9.17, 15) is 0 Å². The van der Waals surface area contributed by atoms with E-state index in [0.717, 1.165) is 30.8 Å². The van der Waals surface area contributed by atoms with Crippen LogP contribution in [-0.4, -0.2) is 13.7 Å². The fourth-order valence-corrected chi connectivity index (χ4v) is 4.88. The van der Waals surface area contributed by atoms with Gasteiger partial charge < -0.3 is 10.1 Å². The summed E-state index contributed by atoms with van der Waals surface area (Å²) in [5.74, 6) is 4.16. The van der Waals surface area contributed by atoms with Crippen LogP contribution in [-0.2, 0) is 6.42 Å². The molecule has 4 unspecified atom stereocenters. The standard InChI is InChI=1S/C18H25NO/c1-19-17(11-15-10-12-5-6-14(15)9-12)16-4-2-3-13-7-8-20-18(13)16/h2-4,12,14-15,17,19H,5-11H2,1H3.